The van der Waals surface area contributed by atoms with E-state index in [0.29, 0.717) is 6.61 Å². The number of rotatable bonds is 5. The molecular weight excluding hydrogens is 238 g/mol. The minimum atomic E-state index is -0.0357. The highest BCUT2D eigenvalue weighted by atomic mass is 16.5. The predicted molar refractivity (Wildman–Crippen MR) is 74.8 cm³/mol. The summed E-state index contributed by atoms with van der Waals surface area (Å²) in [5, 5.41) is 9.62. The van der Waals surface area contributed by atoms with Gasteiger partial charge in [0.15, 0.2) is 0 Å². The molecular formula is C16H23NO2. The van der Waals surface area contributed by atoms with Gasteiger partial charge < -0.3 is 14.7 Å². The van der Waals surface area contributed by atoms with Gasteiger partial charge in [-0.1, -0.05) is 30.3 Å². The lowest BCUT2D eigenvalue weighted by atomic mass is 10.0. The number of benzene rings is 1. The Balaban J connectivity index is 1.34. The maximum absolute atomic E-state index is 9.62. The molecule has 1 saturated heterocycles. The van der Waals surface area contributed by atoms with Crippen molar-refractivity contribution in [2.75, 3.05) is 26.2 Å². The number of ether oxygens (including phenoxy) is 1. The Bertz CT molecular complexity index is 381. The van der Waals surface area contributed by atoms with E-state index in [9.17, 15) is 5.11 Å². The van der Waals surface area contributed by atoms with E-state index in [0.717, 1.165) is 50.9 Å². The fourth-order valence-electron chi connectivity index (χ4n) is 3.51. The molecule has 0 aromatic heterocycles. The van der Waals surface area contributed by atoms with Crippen LogP contribution in [-0.4, -0.2) is 42.4 Å². The molecule has 1 aliphatic carbocycles. The van der Waals surface area contributed by atoms with Crippen molar-refractivity contribution >= 4 is 0 Å². The molecule has 1 N–H and O–H groups in total. The smallest absolute Gasteiger partial charge is 0.0717 e. The summed E-state index contributed by atoms with van der Waals surface area (Å²) in [4.78, 5) is 2.49. The van der Waals surface area contributed by atoms with E-state index >= 15 is 0 Å². The average molecular weight is 261 g/mol. The topological polar surface area (TPSA) is 32.7 Å². The Hall–Kier alpha value is -0.900. The van der Waals surface area contributed by atoms with Gasteiger partial charge in [0.25, 0.3) is 0 Å². The second kappa shape index (κ2) is 6.04. The molecule has 1 unspecified atom stereocenters. The third-order valence-corrected chi connectivity index (χ3v) is 4.47. The van der Waals surface area contributed by atoms with Crippen LogP contribution in [0.4, 0.5) is 0 Å². The lowest BCUT2D eigenvalue weighted by Crippen LogP contribution is -2.27. The summed E-state index contributed by atoms with van der Waals surface area (Å²) in [5.74, 6) is 1.45. The maximum Gasteiger partial charge on any atom is 0.0717 e. The molecule has 1 aliphatic heterocycles. The zero-order valence-corrected chi connectivity index (χ0v) is 11.4. The highest BCUT2D eigenvalue weighted by Gasteiger charge is 2.39. The van der Waals surface area contributed by atoms with E-state index in [1.807, 2.05) is 18.2 Å². The Morgan fingerprint density at radius 1 is 1.11 bits per heavy atom. The second-order valence-electron chi connectivity index (χ2n) is 5.94. The van der Waals surface area contributed by atoms with Crippen molar-refractivity contribution in [2.24, 2.45) is 11.8 Å². The molecule has 0 amide bonds. The number of hydrogen-bond acceptors (Lipinski definition) is 3. The molecule has 0 bridgehead atoms. The second-order valence-corrected chi connectivity index (χ2v) is 5.94. The van der Waals surface area contributed by atoms with Crippen LogP contribution < -0.4 is 0 Å². The van der Waals surface area contributed by atoms with Gasteiger partial charge in [-0.05, 0) is 30.2 Å². The molecule has 0 radical (unpaired) electrons. The van der Waals surface area contributed by atoms with E-state index < -0.39 is 0 Å². The van der Waals surface area contributed by atoms with E-state index in [-0.39, 0.29) is 6.10 Å². The van der Waals surface area contributed by atoms with Gasteiger partial charge in [0.05, 0.1) is 19.3 Å². The number of nitrogens with zero attached hydrogens (tertiary/aromatic N) is 1. The van der Waals surface area contributed by atoms with E-state index in [4.69, 9.17) is 4.74 Å². The van der Waals surface area contributed by atoms with Crippen molar-refractivity contribution in [1.82, 2.24) is 4.90 Å². The summed E-state index contributed by atoms with van der Waals surface area (Å²) in [6, 6.07) is 10.3. The van der Waals surface area contributed by atoms with Crippen LogP contribution in [0.15, 0.2) is 30.3 Å². The quantitative estimate of drug-likeness (QED) is 0.822. The van der Waals surface area contributed by atoms with Gasteiger partial charge in [-0.3, -0.25) is 0 Å². The largest absolute Gasteiger partial charge is 0.393 e. The first-order chi connectivity index (χ1) is 9.31. The Morgan fingerprint density at radius 2 is 1.79 bits per heavy atom. The normalized spacial score (nSPS) is 30.7. The van der Waals surface area contributed by atoms with Crippen LogP contribution >= 0.6 is 0 Å². The van der Waals surface area contributed by atoms with Gasteiger partial charge in [-0.25, -0.2) is 0 Å². The first-order valence-electron chi connectivity index (χ1n) is 7.33. The average Bonchev–Trinajstić information content (AvgIpc) is 2.93. The lowest BCUT2D eigenvalue weighted by molar-refractivity contribution is 0.0939. The number of likely N-dealkylation sites (tertiary alicyclic amines) is 1. The van der Waals surface area contributed by atoms with Gasteiger partial charge in [0.1, 0.15) is 0 Å². The van der Waals surface area contributed by atoms with Crippen molar-refractivity contribution in [3.05, 3.63) is 35.9 Å². The summed E-state index contributed by atoms with van der Waals surface area (Å²) >= 11 is 0. The monoisotopic (exact) mass is 261 g/mol. The van der Waals surface area contributed by atoms with Crippen LogP contribution in [0.2, 0.25) is 0 Å². The molecule has 2 aliphatic rings. The highest BCUT2D eigenvalue weighted by molar-refractivity contribution is 5.13. The first-order valence-corrected chi connectivity index (χ1v) is 7.33. The molecule has 3 nitrogen and oxygen atoms in total. The van der Waals surface area contributed by atoms with Crippen LogP contribution in [0.1, 0.15) is 18.4 Å². The molecule has 3 heteroatoms. The van der Waals surface area contributed by atoms with Crippen molar-refractivity contribution in [1.29, 1.82) is 0 Å². The highest BCUT2D eigenvalue weighted by Crippen LogP contribution is 2.37. The molecule has 1 heterocycles. The van der Waals surface area contributed by atoms with Gasteiger partial charge in [0, 0.05) is 19.6 Å². The Kier molecular flexibility index (Phi) is 4.16. The number of aliphatic hydroxyl groups excluding tert-OH is 1. The third-order valence-electron chi connectivity index (χ3n) is 4.47. The van der Waals surface area contributed by atoms with E-state index in [2.05, 4.69) is 17.0 Å². The molecule has 1 aromatic carbocycles. The molecule has 1 aromatic rings. The minimum absolute atomic E-state index is 0.0357. The molecule has 0 spiro atoms. The van der Waals surface area contributed by atoms with Crippen molar-refractivity contribution < 1.29 is 9.84 Å². The van der Waals surface area contributed by atoms with Gasteiger partial charge in [-0.15, -0.1) is 0 Å². The molecule has 3 rings (SSSR count). The maximum atomic E-state index is 9.62. The Labute approximate surface area is 115 Å². The minimum Gasteiger partial charge on any atom is -0.393 e. The van der Waals surface area contributed by atoms with Crippen LogP contribution in [0.5, 0.6) is 0 Å². The molecule has 2 fully saturated rings. The standard InChI is InChI=1S/C16H23NO2/c18-16-8-14-10-17(11-15(14)9-16)6-7-19-12-13-4-2-1-3-5-13/h1-5,14-16,18H,6-12H2/t14-,15+,16?. The van der Waals surface area contributed by atoms with Crippen LogP contribution in [-0.2, 0) is 11.3 Å². The zero-order valence-electron chi connectivity index (χ0n) is 11.4. The summed E-state index contributed by atoms with van der Waals surface area (Å²) in [5.41, 5.74) is 1.24. The molecule has 104 valence electrons. The molecule has 1 saturated carbocycles. The van der Waals surface area contributed by atoms with E-state index in [1.165, 1.54) is 5.56 Å². The molecule has 19 heavy (non-hydrogen) atoms. The zero-order chi connectivity index (χ0) is 13.1. The molecule has 3 atom stereocenters. The van der Waals surface area contributed by atoms with Gasteiger partial charge >= 0.3 is 0 Å². The summed E-state index contributed by atoms with van der Waals surface area (Å²) in [6.45, 7) is 4.83. The summed E-state index contributed by atoms with van der Waals surface area (Å²) in [7, 11) is 0. The predicted octanol–water partition coefficient (Wildman–Crippen LogP) is 1.91. The van der Waals surface area contributed by atoms with Crippen molar-refractivity contribution in [3.63, 3.8) is 0 Å². The van der Waals surface area contributed by atoms with Crippen LogP contribution in [0, 0.1) is 11.8 Å². The first kappa shape index (κ1) is 13.1. The number of fused-ring (bicyclic) bond motifs is 1. The Morgan fingerprint density at radius 3 is 2.47 bits per heavy atom. The lowest BCUT2D eigenvalue weighted by Gasteiger charge is -2.17. The summed E-state index contributed by atoms with van der Waals surface area (Å²) in [6.07, 6.45) is 1.98. The van der Waals surface area contributed by atoms with Gasteiger partial charge in [0.2, 0.25) is 0 Å². The third kappa shape index (κ3) is 3.35. The number of aliphatic hydroxyl groups is 1. The van der Waals surface area contributed by atoms with Crippen LogP contribution in [0.3, 0.4) is 0 Å². The number of hydrogen-bond donors (Lipinski definition) is 1. The fourth-order valence-corrected chi connectivity index (χ4v) is 3.51. The van der Waals surface area contributed by atoms with Crippen molar-refractivity contribution in [2.45, 2.75) is 25.6 Å². The van der Waals surface area contributed by atoms with Gasteiger partial charge in [-0.2, -0.15) is 0 Å². The fraction of sp³-hybridized carbons (Fsp3) is 0.625. The van der Waals surface area contributed by atoms with E-state index in [1.54, 1.807) is 0 Å². The SMILES string of the molecule is OC1C[C@@H]2CN(CCOCc3ccccc3)C[C@@H]2C1. The van der Waals surface area contributed by atoms with Crippen molar-refractivity contribution in [3.8, 4) is 0 Å². The summed E-state index contributed by atoms with van der Waals surface area (Å²) < 4.78 is 5.73. The van der Waals surface area contributed by atoms with Crippen LogP contribution in [0.25, 0.3) is 0 Å².